The van der Waals surface area contributed by atoms with Crippen molar-refractivity contribution in [3.8, 4) is 0 Å². The average Bonchev–Trinajstić information content (AvgIpc) is 3.29. The molecule has 1 aliphatic heterocycles. The lowest BCUT2D eigenvalue weighted by Crippen LogP contribution is -2.41. The topological polar surface area (TPSA) is 109 Å². The summed E-state index contributed by atoms with van der Waals surface area (Å²) in [6, 6.07) is 6.56. The fraction of sp³-hybridized carbons (Fsp3) is 0.500. The van der Waals surface area contributed by atoms with E-state index in [9.17, 15) is 19.2 Å². The third kappa shape index (κ3) is 8.53. The van der Waals surface area contributed by atoms with Gasteiger partial charge in [-0.15, -0.1) is 11.3 Å². The molecule has 3 amide bonds. The van der Waals surface area contributed by atoms with Gasteiger partial charge in [-0.25, -0.2) is 4.98 Å². The van der Waals surface area contributed by atoms with Crippen LogP contribution >= 0.6 is 22.9 Å². The van der Waals surface area contributed by atoms with Crippen molar-refractivity contribution in [2.45, 2.75) is 40.0 Å². The van der Waals surface area contributed by atoms with Crippen molar-refractivity contribution < 1.29 is 23.9 Å². The highest BCUT2D eigenvalue weighted by Crippen LogP contribution is 2.21. The molecule has 0 unspecified atom stereocenters. The normalized spacial score (nSPS) is 13.9. The number of carbonyl (C=O) groups is 4. The van der Waals surface area contributed by atoms with Crippen LogP contribution < -0.4 is 5.32 Å². The van der Waals surface area contributed by atoms with E-state index in [1.165, 1.54) is 16.2 Å². The predicted molar refractivity (Wildman–Crippen MR) is 143 cm³/mol. The van der Waals surface area contributed by atoms with Gasteiger partial charge in [0.05, 0.1) is 24.6 Å². The number of anilines is 1. The van der Waals surface area contributed by atoms with Crippen LogP contribution in [0, 0.1) is 11.8 Å². The van der Waals surface area contributed by atoms with Crippen LogP contribution in [-0.4, -0.2) is 71.3 Å². The Hall–Kier alpha value is -2.98. The molecular weight excluding hydrogens is 516 g/mol. The summed E-state index contributed by atoms with van der Waals surface area (Å²) in [6.45, 7) is 7.39. The minimum atomic E-state index is -0.365. The zero-order valence-electron chi connectivity index (χ0n) is 21.4. The Morgan fingerprint density at radius 3 is 2.49 bits per heavy atom. The fourth-order valence-electron chi connectivity index (χ4n) is 4.10. The number of nitrogens with zero attached hydrogens (tertiary/aromatic N) is 3. The van der Waals surface area contributed by atoms with Crippen molar-refractivity contribution >= 4 is 51.8 Å². The van der Waals surface area contributed by atoms with Gasteiger partial charge in [0.25, 0.3) is 5.91 Å². The van der Waals surface area contributed by atoms with Gasteiger partial charge in [0, 0.05) is 35.6 Å². The molecule has 9 nitrogen and oxygen atoms in total. The van der Waals surface area contributed by atoms with E-state index in [2.05, 4.69) is 10.3 Å². The molecule has 2 aromatic rings. The number of nitrogens with one attached hydrogen (secondary N) is 1. The molecule has 0 aliphatic carbocycles. The van der Waals surface area contributed by atoms with Crippen LogP contribution in [0.1, 0.15) is 49.7 Å². The van der Waals surface area contributed by atoms with E-state index >= 15 is 0 Å². The van der Waals surface area contributed by atoms with E-state index in [1.807, 2.05) is 13.8 Å². The molecule has 3 rings (SSSR count). The number of ether oxygens (including phenoxy) is 1. The standard InChI is InChI=1S/C26H33ClN4O5S/c1-4-36-25(35)19-9-11-30(12-10-19)23(33)13-21-16-37-26(28-21)29-22(32)15-31(14-17(2)3)24(34)18-5-7-20(27)8-6-18/h5-8,16-17,19H,4,9-15H2,1-3H3,(H,28,29,32). The number of thiazole rings is 1. The van der Waals surface area contributed by atoms with Crippen LogP contribution in [0.25, 0.3) is 0 Å². The van der Waals surface area contributed by atoms with Gasteiger partial charge in [-0.1, -0.05) is 25.4 Å². The van der Waals surface area contributed by atoms with Crippen molar-refractivity contribution in [3.05, 3.63) is 45.9 Å². The molecule has 1 aliphatic rings. The van der Waals surface area contributed by atoms with Crippen LogP contribution in [0.4, 0.5) is 5.13 Å². The number of hydrogen-bond donors (Lipinski definition) is 1. The molecule has 0 radical (unpaired) electrons. The summed E-state index contributed by atoms with van der Waals surface area (Å²) >= 11 is 7.16. The summed E-state index contributed by atoms with van der Waals surface area (Å²) in [6.07, 6.45) is 1.29. The van der Waals surface area contributed by atoms with Crippen molar-refractivity contribution in [2.24, 2.45) is 11.8 Å². The largest absolute Gasteiger partial charge is 0.466 e. The lowest BCUT2D eigenvalue weighted by Gasteiger charge is -2.30. The van der Waals surface area contributed by atoms with E-state index in [1.54, 1.807) is 41.5 Å². The van der Waals surface area contributed by atoms with Gasteiger partial charge in [-0.05, 0) is 49.9 Å². The minimum Gasteiger partial charge on any atom is -0.466 e. The molecule has 1 aromatic heterocycles. The molecule has 2 heterocycles. The Bertz CT molecular complexity index is 1100. The van der Waals surface area contributed by atoms with E-state index in [4.69, 9.17) is 16.3 Å². The molecule has 0 spiro atoms. The zero-order chi connectivity index (χ0) is 26.9. The maximum absolute atomic E-state index is 13.0. The summed E-state index contributed by atoms with van der Waals surface area (Å²) in [5.74, 6) is -0.872. The van der Waals surface area contributed by atoms with Crippen LogP contribution in [0.5, 0.6) is 0 Å². The smallest absolute Gasteiger partial charge is 0.309 e. The molecule has 1 saturated heterocycles. The van der Waals surface area contributed by atoms with Gasteiger partial charge >= 0.3 is 5.97 Å². The number of piperidine rings is 1. The first kappa shape index (κ1) is 28.6. The Morgan fingerprint density at radius 1 is 1.19 bits per heavy atom. The lowest BCUT2D eigenvalue weighted by molar-refractivity contribution is -0.151. The molecule has 200 valence electrons. The summed E-state index contributed by atoms with van der Waals surface area (Å²) in [4.78, 5) is 57.9. The third-order valence-electron chi connectivity index (χ3n) is 5.90. The van der Waals surface area contributed by atoms with Crippen LogP contribution in [0.3, 0.4) is 0 Å². The molecule has 37 heavy (non-hydrogen) atoms. The van der Waals surface area contributed by atoms with E-state index in [-0.39, 0.29) is 48.5 Å². The van der Waals surface area contributed by atoms with Crippen molar-refractivity contribution in [3.63, 3.8) is 0 Å². The predicted octanol–water partition coefficient (Wildman–Crippen LogP) is 3.88. The maximum atomic E-state index is 13.0. The van der Waals surface area contributed by atoms with Crippen molar-refractivity contribution in [1.29, 1.82) is 0 Å². The van der Waals surface area contributed by atoms with E-state index in [0.29, 0.717) is 60.5 Å². The minimum absolute atomic E-state index is 0.0674. The first-order valence-corrected chi connectivity index (χ1v) is 13.7. The number of likely N-dealkylation sites (tertiary alicyclic amines) is 1. The summed E-state index contributed by atoms with van der Waals surface area (Å²) < 4.78 is 5.08. The number of hydrogen-bond acceptors (Lipinski definition) is 7. The van der Waals surface area contributed by atoms with Gasteiger partial charge in [-0.3, -0.25) is 19.2 Å². The van der Waals surface area contributed by atoms with Gasteiger partial charge in [0.2, 0.25) is 11.8 Å². The maximum Gasteiger partial charge on any atom is 0.309 e. The summed E-state index contributed by atoms with van der Waals surface area (Å²) in [7, 11) is 0. The monoisotopic (exact) mass is 548 g/mol. The lowest BCUT2D eigenvalue weighted by atomic mass is 9.97. The molecule has 0 bridgehead atoms. The second-order valence-electron chi connectivity index (χ2n) is 9.36. The van der Waals surface area contributed by atoms with Gasteiger partial charge in [0.15, 0.2) is 5.13 Å². The van der Waals surface area contributed by atoms with Crippen LogP contribution in [0.2, 0.25) is 5.02 Å². The average molecular weight is 549 g/mol. The van der Waals surface area contributed by atoms with Crippen molar-refractivity contribution in [1.82, 2.24) is 14.8 Å². The molecule has 0 atom stereocenters. The Morgan fingerprint density at radius 2 is 1.86 bits per heavy atom. The second-order valence-corrected chi connectivity index (χ2v) is 10.7. The van der Waals surface area contributed by atoms with Gasteiger partial charge < -0.3 is 19.9 Å². The first-order valence-electron chi connectivity index (χ1n) is 12.4. The Kier molecular flexibility index (Phi) is 10.5. The SMILES string of the molecule is CCOC(=O)C1CCN(C(=O)Cc2csc(NC(=O)CN(CC(C)C)C(=O)c3ccc(Cl)cc3)n2)CC1. The first-order chi connectivity index (χ1) is 17.7. The van der Waals surface area contributed by atoms with Gasteiger partial charge in [-0.2, -0.15) is 0 Å². The molecule has 0 saturated carbocycles. The highest BCUT2D eigenvalue weighted by Gasteiger charge is 2.28. The second kappa shape index (κ2) is 13.5. The Labute approximate surface area is 226 Å². The number of benzene rings is 1. The van der Waals surface area contributed by atoms with Crippen molar-refractivity contribution in [2.75, 3.05) is 38.1 Å². The molecule has 1 fully saturated rings. The number of amides is 3. The molecular formula is C26H33ClN4O5S. The van der Waals surface area contributed by atoms with Crippen LogP contribution in [-0.2, 0) is 25.5 Å². The summed E-state index contributed by atoms with van der Waals surface area (Å²) in [5, 5.41) is 5.39. The quantitative estimate of drug-likeness (QED) is 0.451. The van der Waals surface area contributed by atoms with Crippen LogP contribution in [0.15, 0.2) is 29.6 Å². The van der Waals surface area contributed by atoms with E-state index in [0.717, 1.165) is 0 Å². The highest BCUT2D eigenvalue weighted by atomic mass is 35.5. The fourth-order valence-corrected chi connectivity index (χ4v) is 4.96. The van der Waals surface area contributed by atoms with E-state index < -0.39 is 0 Å². The number of aromatic nitrogens is 1. The number of esters is 1. The zero-order valence-corrected chi connectivity index (χ0v) is 22.9. The van der Waals surface area contributed by atoms with Gasteiger partial charge in [0.1, 0.15) is 6.54 Å². The third-order valence-corrected chi connectivity index (χ3v) is 6.95. The molecule has 1 N–H and O–H groups in total. The highest BCUT2D eigenvalue weighted by molar-refractivity contribution is 7.13. The number of rotatable bonds is 10. The molecule has 1 aromatic carbocycles. The number of carbonyl (C=O) groups excluding carboxylic acids is 4. The Balaban J connectivity index is 1.52. The molecule has 11 heteroatoms. The number of halogens is 1. The summed E-state index contributed by atoms with van der Waals surface area (Å²) in [5.41, 5.74) is 1.02.